The van der Waals surface area contributed by atoms with E-state index >= 15 is 0 Å². The molecule has 0 aromatic carbocycles. The Hall–Kier alpha value is -2.64. The normalized spacial score (nSPS) is 10.5. The lowest BCUT2D eigenvalue weighted by Crippen LogP contribution is -2.30. The second kappa shape index (κ2) is 7.96. The van der Waals surface area contributed by atoms with E-state index in [9.17, 15) is 9.59 Å². The third kappa shape index (κ3) is 4.72. The molecule has 0 unspecified atom stereocenters. The molecule has 0 aliphatic heterocycles. The summed E-state index contributed by atoms with van der Waals surface area (Å²) in [7, 11) is 0. The molecule has 0 aliphatic carbocycles. The summed E-state index contributed by atoms with van der Waals surface area (Å²) in [6, 6.07) is 5.12. The number of rotatable bonds is 8. The van der Waals surface area contributed by atoms with Crippen molar-refractivity contribution in [1.29, 1.82) is 0 Å². The number of nitrogens with two attached hydrogens (primary N) is 1. The molecule has 0 fully saturated rings. The van der Waals surface area contributed by atoms with Crippen LogP contribution >= 0.6 is 0 Å². The van der Waals surface area contributed by atoms with Gasteiger partial charge >= 0.3 is 6.03 Å². The van der Waals surface area contributed by atoms with E-state index in [0.29, 0.717) is 25.3 Å². The standard InChI is InChI=1S/C14H20N6O2/c15-14(22)16-8-4-1-2-7-13(21)17-10-12-19-18-11-6-3-5-9-20(11)12/h3,5-6,9H,1-2,4,7-8,10H2,(H,17,21)(H3,15,16,22). The highest BCUT2D eigenvalue weighted by atomic mass is 16.2. The number of pyridine rings is 1. The van der Waals surface area contributed by atoms with Gasteiger partial charge in [0.1, 0.15) is 0 Å². The molecule has 22 heavy (non-hydrogen) atoms. The topological polar surface area (TPSA) is 114 Å². The van der Waals surface area contributed by atoms with Gasteiger partial charge in [-0.25, -0.2) is 4.79 Å². The monoisotopic (exact) mass is 304 g/mol. The van der Waals surface area contributed by atoms with Gasteiger partial charge in [0.15, 0.2) is 11.5 Å². The number of carbonyl (C=O) groups excluding carboxylic acids is 2. The minimum atomic E-state index is -0.515. The number of carbonyl (C=O) groups is 2. The predicted molar refractivity (Wildman–Crippen MR) is 80.9 cm³/mol. The Labute approximate surface area is 128 Å². The highest BCUT2D eigenvalue weighted by molar-refractivity contribution is 5.75. The van der Waals surface area contributed by atoms with Gasteiger partial charge in [0.2, 0.25) is 5.91 Å². The van der Waals surface area contributed by atoms with Crippen molar-refractivity contribution in [1.82, 2.24) is 25.2 Å². The van der Waals surface area contributed by atoms with Crippen molar-refractivity contribution in [2.45, 2.75) is 32.2 Å². The summed E-state index contributed by atoms with van der Waals surface area (Å²) in [6.45, 7) is 0.899. The van der Waals surface area contributed by atoms with E-state index in [2.05, 4.69) is 20.8 Å². The lowest BCUT2D eigenvalue weighted by atomic mass is 10.2. The SMILES string of the molecule is NC(=O)NCCCCCC(=O)NCc1nnc2ccccn12. The molecule has 0 aliphatic rings. The first-order valence-corrected chi connectivity index (χ1v) is 7.25. The zero-order valence-electron chi connectivity index (χ0n) is 12.3. The minimum Gasteiger partial charge on any atom is -0.352 e. The number of amides is 3. The van der Waals surface area contributed by atoms with Crippen molar-refractivity contribution in [3.63, 3.8) is 0 Å². The van der Waals surface area contributed by atoms with E-state index < -0.39 is 6.03 Å². The predicted octanol–water partition coefficient (Wildman–Crippen LogP) is 0.574. The molecule has 2 heterocycles. The van der Waals surface area contributed by atoms with Crippen LogP contribution in [0.15, 0.2) is 24.4 Å². The first kappa shape index (κ1) is 15.7. The van der Waals surface area contributed by atoms with Crippen LogP contribution in [0.25, 0.3) is 5.65 Å². The minimum absolute atomic E-state index is 0.0180. The lowest BCUT2D eigenvalue weighted by Gasteiger charge is -2.04. The molecule has 0 atom stereocenters. The molecule has 0 saturated heterocycles. The Balaban J connectivity index is 1.64. The van der Waals surface area contributed by atoms with Crippen molar-refractivity contribution in [2.24, 2.45) is 5.73 Å². The summed E-state index contributed by atoms with van der Waals surface area (Å²) < 4.78 is 1.84. The van der Waals surface area contributed by atoms with Crippen molar-refractivity contribution in [3.05, 3.63) is 30.2 Å². The van der Waals surface area contributed by atoms with Gasteiger partial charge < -0.3 is 16.4 Å². The van der Waals surface area contributed by atoms with Gasteiger partial charge in [0.05, 0.1) is 6.54 Å². The second-order valence-corrected chi connectivity index (χ2v) is 4.92. The smallest absolute Gasteiger partial charge is 0.312 e. The first-order valence-electron chi connectivity index (χ1n) is 7.25. The van der Waals surface area contributed by atoms with Crippen LogP contribution in [0.1, 0.15) is 31.5 Å². The summed E-state index contributed by atoms with van der Waals surface area (Å²) in [5.41, 5.74) is 5.71. The number of primary amides is 1. The maximum absolute atomic E-state index is 11.8. The van der Waals surface area contributed by atoms with Crippen molar-refractivity contribution in [2.75, 3.05) is 6.54 Å². The molecule has 8 heteroatoms. The van der Waals surface area contributed by atoms with Crippen molar-refractivity contribution >= 4 is 17.6 Å². The molecule has 3 amide bonds. The van der Waals surface area contributed by atoms with Gasteiger partial charge in [-0.2, -0.15) is 0 Å². The van der Waals surface area contributed by atoms with E-state index in [0.717, 1.165) is 24.9 Å². The van der Waals surface area contributed by atoms with Crippen LogP contribution in [-0.2, 0) is 11.3 Å². The number of fused-ring (bicyclic) bond motifs is 1. The van der Waals surface area contributed by atoms with E-state index in [1.165, 1.54) is 0 Å². The molecule has 4 N–H and O–H groups in total. The van der Waals surface area contributed by atoms with Gasteiger partial charge in [-0.3, -0.25) is 9.20 Å². The van der Waals surface area contributed by atoms with Crippen LogP contribution in [0.3, 0.4) is 0 Å². The van der Waals surface area contributed by atoms with E-state index in [1.807, 2.05) is 28.8 Å². The Morgan fingerprint density at radius 2 is 2.00 bits per heavy atom. The third-order valence-corrected chi connectivity index (χ3v) is 3.21. The van der Waals surface area contributed by atoms with Crippen LogP contribution in [0.2, 0.25) is 0 Å². The van der Waals surface area contributed by atoms with Gasteiger partial charge in [0.25, 0.3) is 0 Å². The van der Waals surface area contributed by atoms with Gasteiger partial charge in [-0.05, 0) is 25.0 Å². The largest absolute Gasteiger partial charge is 0.352 e. The molecule has 118 valence electrons. The molecule has 0 spiro atoms. The lowest BCUT2D eigenvalue weighted by molar-refractivity contribution is -0.121. The fourth-order valence-electron chi connectivity index (χ4n) is 2.08. The Kier molecular flexibility index (Phi) is 5.70. The number of urea groups is 1. The number of nitrogens with zero attached hydrogens (tertiary/aromatic N) is 3. The number of hydrogen-bond donors (Lipinski definition) is 3. The van der Waals surface area contributed by atoms with Gasteiger partial charge in [-0.15, -0.1) is 10.2 Å². The molecule has 0 saturated carbocycles. The number of nitrogens with one attached hydrogen (secondary N) is 2. The molecule has 0 bridgehead atoms. The van der Waals surface area contributed by atoms with E-state index in [4.69, 9.17) is 5.73 Å². The summed E-state index contributed by atoms with van der Waals surface area (Å²) in [4.78, 5) is 22.2. The zero-order valence-corrected chi connectivity index (χ0v) is 12.3. The molecule has 2 rings (SSSR count). The fourth-order valence-corrected chi connectivity index (χ4v) is 2.08. The summed E-state index contributed by atoms with van der Waals surface area (Å²) in [5, 5.41) is 13.4. The van der Waals surface area contributed by atoms with Crippen LogP contribution in [-0.4, -0.2) is 33.1 Å². The quantitative estimate of drug-likeness (QED) is 0.619. The highest BCUT2D eigenvalue weighted by Gasteiger charge is 2.06. The van der Waals surface area contributed by atoms with Crippen LogP contribution in [0, 0.1) is 0 Å². The van der Waals surface area contributed by atoms with Crippen LogP contribution in [0.5, 0.6) is 0 Å². The average molecular weight is 304 g/mol. The van der Waals surface area contributed by atoms with Crippen molar-refractivity contribution < 1.29 is 9.59 Å². The van der Waals surface area contributed by atoms with E-state index in [1.54, 1.807) is 0 Å². The summed E-state index contributed by atoms with van der Waals surface area (Å²) >= 11 is 0. The van der Waals surface area contributed by atoms with Crippen LogP contribution in [0.4, 0.5) is 4.79 Å². The fraction of sp³-hybridized carbons (Fsp3) is 0.429. The van der Waals surface area contributed by atoms with E-state index in [-0.39, 0.29) is 5.91 Å². The van der Waals surface area contributed by atoms with Crippen molar-refractivity contribution in [3.8, 4) is 0 Å². The third-order valence-electron chi connectivity index (χ3n) is 3.21. The van der Waals surface area contributed by atoms with Gasteiger partial charge in [0, 0.05) is 19.2 Å². The highest BCUT2D eigenvalue weighted by Crippen LogP contribution is 2.03. The Bertz CT molecular complexity index is 639. The zero-order chi connectivity index (χ0) is 15.8. The average Bonchev–Trinajstić information content (AvgIpc) is 2.91. The maximum atomic E-state index is 11.8. The first-order chi connectivity index (χ1) is 10.7. The molecule has 0 radical (unpaired) electrons. The van der Waals surface area contributed by atoms with Crippen LogP contribution < -0.4 is 16.4 Å². The number of unbranched alkanes of at least 4 members (excludes halogenated alkanes) is 2. The molecular weight excluding hydrogens is 284 g/mol. The summed E-state index contributed by atoms with van der Waals surface area (Å²) in [5.74, 6) is 0.685. The Morgan fingerprint density at radius 3 is 2.82 bits per heavy atom. The molecule has 2 aromatic heterocycles. The summed E-state index contributed by atoms with van der Waals surface area (Å²) in [6.07, 6.45) is 4.76. The molecule has 2 aromatic rings. The second-order valence-electron chi connectivity index (χ2n) is 4.92. The Morgan fingerprint density at radius 1 is 1.14 bits per heavy atom. The van der Waals surface area contributed by atoms with Gasteiger partial charge in [-0.1, -0.05) is 12.5 Å². The molecule has 8 nitrogen and oxygen atoms in total. The molecular formula is C14H20N6O2. The maximum Gasteiger partial charge on any atom is 0.312 e. The number of aromatic nitrogens is 3. The number of hydrogen-bond acceptors (Lipinski definition) is 4.